The molecule has 5 aliphatic carbocycles. The minimum absolute atomic E-state index is 0.0550. The largest absolute Gasteiger partial charge is 0.446 e. The summed E-state index contributed by atoms with van der Waals surface area (Å²) >= 11 is 1.73. The Bertz CT molecular complexity index is 1220. The number of thiophene rings is 1. The van der Waals surface area contributed by atoms with Gasteiger partial charge in [0.1, 0.15) is 6.10 Å². The van der Waals surface area contributed by atoms with Gasteiger partial charge in [-0.05, 0) is 111 Å². The number of rotatable bonds is 7. The van der Waals surface area contributed by atoms with Crippen molar-refractivity contribution in [2.24, 2.45) is 40.4 Å². The summed E-state index contributed by atoms with van der Waals surface area (Å²) in [6, 6.07) is 4.20. The van der Waals surface area contributed by atoms with Crippen molar-refractivity contribution in [1.29, 1.82) is 0 Å². The summed E-state index contributed by atoms with van der Waals surface area (Å²) in [6.07, 6.45) is 14.6. The lowest BCUT2D eigenvalue weighted by Crippen LogP contribution is -2.57. The summed E-state index contributed by atoms with van der Waals surface area (Å²) in [5.74, 6) is 2.24. The van der Waals surface area contributed by atoms with E-state index in [2.05, 4.69) is 64.3 Å². The van der Waals surface area contributed by atoms with E-state index in [1.165, 1.54) is 22.4 Å². The topological polar surface area (TPSA) is 70.0 Å². The lowest BCUT2D eigenvalue weighted by atomic mass is 9.50. The van der Waals surface area contributed by atoms with Gasteiger partial charge in [0.05, 0.1) is 18.2 Å². The normalized spacial score (nSPS) is 40.7. The van der Waals surface area contributed by atoms with Crippen LogP contribution in [0, 0.1) is 40.4 Å². The second-order valence-corrected chi connectivity index (χ2v) is 16.8. The van der Waals surface area contributed by atoms with Gasteiger partial charge < -0.3 is 19.8 Å². The van der Waals surface area contributed by atoms with E-state index in [0.717, 1.165) is 57.8 Å². The number of aliphatic hydroxyl groups excluding tert-OH is 1. The van der Waals surface area contributed by atoms with E-state index in [1.54, 1.807) is 11.3 Å². The molecule has 5 nitrogen and oxygen atoms in total. The first-order chi connectivity index (χ1) is 20.4. The molecule has 0 spiro atoms. The van der Waals surface area contributed by atoms with Crippen LogP contribution in [0.4, 0.5) is 4.79 Å². The van der Waals surface area contributed by atoms with Gasteiger partial charge in [0.25, 0.3) is 0 Å². The lowest BCUT2D eigenvalue weighted by molar-refractivity contribution is -0.103. The van der Waals surface area contributed by atoms with Crippen LogP contribution in [0.15, 0.2) is 40.8 Å². The van der Waals surface area contributed by atoms with Crippen LogP contribution in [0.3, 0.4) is 0 Å². The number of carbonyl (C=O) groups is 1. The van der Waals surface area contributed by atoms with Crippen LogP contribution in [0.5, 0.6) is 0 Å². The van der Waals surface area contributed by atoms with Crippen LogP contribution in [-0.4, -0.2) is 52.1 Å². The SMILES string of the molecule is CC(C)[C@H]1CC[C@H](C)C[C@@H]1OC(=O)N(CCc1cccs1)C[C@]1(O)CC[C@H]2C3=CC=C4C[C@@H](O)CC[C@]4(C)[C@H]3CC[C@@]21C. The molecule has 0 bridgehead atoms. The maximum atomic E-state index is 14.1. The summed E-state index contributed by atoms with van der Waals surface area (Å²) in [5, 5.41) is 25.1. The third-order valence-corrected chi connectivity index (χ3v) is 13.9. The van der Waals surface area contributed by atoms with E-state index >= 15 is 0 Å². The van der Waals surface area contributed by atoms with Crippen LogP contribution < -0.4 is 0 Å². The molecule has 0 saturated heterocycles. The number of allylic oxidation sites excluding steroid dienone is 3. The molecule has 1 aromatic rings. The summed E-state index contributed by atoms with van der Waals surface area (Å²) in [6.45, 7) is 12.4. The zero-order valence-corrected chi connectivity index (χ0v) is 28.0. The van der Waals surface area contributed by atoms with Crippen LogP contribution in [0.2, 0.25) is 0 Å². The first-order valence-corrected chi connectivity index (χ1v) is 18.1. The zero-order valence-electron chi connectivity index (χ0n) is 27.2. The van der Waals surface area contributed by atoms with Gasteiger partial charge in [-0.3, -0.25) is 0 Å². The second-order valence-electron chi connectivity index (χ2n) is 15.8. The Morgan fingerprint density at radius 1 is 1.09 bits per heavy atom. The van der Waals surface area contributed by atoms with E-state index in [1.807, 2.05) is 4.90 Å². The minimum atomic E-state index is -0.955. The molecule has 0 aliphatic heterocycles. The van der Waals surface area contributed by atoms with Crippen molar-refractivity contribution in [3.63, 3.8) is 0 Å². The highest BCUT2D eigenvalue weighted by Gasteiger charge is 2.62. The molecule has 4 fully saturated rings. The van der Waals surface area contributed by atoms with Crippen LogP contribution >= 0.6 is 11.3 Å². The van der Waals surface area contributed by atoms with Crippen molar-refractivity contribution in [2.45, 2.75) is 123 Å². The number of nitrogens with zero attached hydrogens (tertiary/aromatic N) is 1. The van der Waals surface area contributed by atoms with Crippen molar-refractivity contribution >= 4 is 17.4 Å². The first kappa shape index (κ1) is 31.4. The molecule has 9 atom stereocenters. The van der Waals surface area contributed by atoms with Crippen LogP contribution in [0.25, 0.3) is 0 Å². The highest BCUT2D eigenvalue weighted by molar-refractivity contribution is 7.09. The Labute approximate surface area is 263 Å². The summed E-state index contributed by atoms with van der Waals surface area (Å²) in [4.78, 5) is 17.2. The summed E-state index contributed by atoms with van der Waals surface area (Å²) in [5.41, 5.74) is 1.80. The van der Waals surface area contributed by atoms with E-state index < -0.39 is 5.60 Å². The Kier molecular flexibility index (Phi) is 8.71. The van der Waals surface area contributed by atoms with E-state index in [0.29, 0.717) is 49.1 Å². The number of aliphatic hydroxyl groups is 2. The van der Waals surface area contributed by atoms with Crippen molar-refractivity contribution < 1.29 is 19.7 Å². The van der Waals surface area contributed by atoms with Crippen LogP contribution in [-0.2, 0) is 11.2 Å². The molecule has 0 aromatic carbocycles. The highest BCUT2D eigenvalue weighted by atomic mass is 32.1. The van der Waals surface area contributed by atoms with E-state index in [-0.39, 0.29) is 29.1 Å². The minimum Gasteiger partial charge on any atom is -0.446 e. The number of fused-ring (bicyclic) bond motifs is 5. The molecule has 0 radical (unpaired) electrons. The van der Waals surface area contributed by atoms with Gasteiger partial charge in [-0.1, -0.05) is 70.4 Å². The smallest absolute Gasteiger partial charge is 0.410 e. The predicted octanol–water partition coefficient (Wildman–Crippen LogP) is 8.16. The molecule has 0 unspecified atom stereocenters. The number of ether oxygens (including phenoxy) is 1. The molecule has 1 heterocycles. The maximum Gasteiger partial charge on any atom is 0.410 e. The Morgan fingerprint density at radius 2 is 1.88 bits per heavy atom. The fourth-order valence-corrected chi connectivity index (χ4v) is 10.8. The monoisotopic (exact) mass is 609 g/mol. The molecule has 238 valence electrons. The van der Waals surface area contributed by atoms with Crippen LogP contribution in [0.1, 0.15) is 104 Å². The highest BCUT2D eigenvalue weighted by Crippen LogP contribution is 2.66. The van der Waals surface area contributed by atoms with Gasteiger partial charge in [-0.2, -0.15) is 0 Å². The number of hydrogen-bond donors (Lipinski definition) is 2. The van der Waals surface area contributed by atoms with Gasteiger partial charge in [0.2, 0.25) is 0 Å². The Morgan fingerprint density at radius 3 is 2.63 bits per heavy atom. The first-order valence-electron chi connectivity index (χ1n) is 17.2. The van der Waals surface area contributed by atoms with Gasteiger partial charge in [0.15, 0.2) is 0 Å². The van der Waals surface area contributed by atoms with Gasteiger partial charge in [-0.25, -0.2) is 4.79 Å². The lowest BCUT2D eigenvalue weighted by Gasteiger charge is -2.56. The number of hydrogen-bond acceptors (Lipinski definition) is 5. The van der Waals surface area contributed by atoms with E-state index in [9.17, 15) is 15.0 Å². The second kappa shape index (κ2) is 11.9. The average molecular weight is 610 g/mol. The molecule has 2 N–H and O–H groups in total. The average Bonchev–Trinajstić information content (AvgIpc) is 3.57. The van der Waals surface area contributed by atoms with Gasteiger partial charge in [-0.15, -0.1) is 11.3 Å². The molecular formula is C37H55NO4S. The number of carbonyl (C=O) groups excluding carboxylic acids is 1. The van der Waals surface area contributed by atoms with Crippen molar-refractivity contribution in [3.8, 4) is 0 Å². The molecule has 6 heteroatoms. The third kappa shape index (κ3) is 5.67. The zero-order chi connectivity index (χ0) is 30.6. The van der Waals surface area contributed by atoms with Gasteiger partial charge >= 0.3 is 6.09 Å². The van der Waals surface area contributed by atoms with Crippen molar-refractivity contribution in [2.75, 3.05) is 13.1 Å². The Hall–Kier alpha value is -1.63. The molecule has 5 aliphatic rings. The molecule has 4 saturated carbocycles. The van der Waals surface area contributed by atoms with Crippen molar-refractivity contribution in [1.82, 2.24) is 4.90 Å². The molecular weight excluding hydrogens is 554 g/mol. The van der Waals surface area contributed by atoms with Crippen molar-refractivity contribution in [3.05, 3.63) is 45.7 Å². The molecule has 43 heavy (non-hydrogen) atoms. The summed E-state index contributed by atoms with van der Waals surface area (Å²) < 4.78 is 6.40. The fraction of sp³-hybridized carbons (Fsp3) is 0.757. The van der Waals surface area contributed by atoms with E-state index in [4.69, 9.17) is 4.74 Å². The quantitative estimate of drug-likeness (QED) is 0.327. The molecule has 1 aromatic heterocycles. The maximum absolute atomic E-state index is 14.1. The number of amides is 1. The molecule has 6 rings (SSSR count). The van der Waals surface area contributed by atoms with Gasteiger partial charge in [0, 0.05) is 16.8 Å². The summed E-state index contributed by atoms with van der Waals surface area (Å²) in [7, 11) is 0. The fourth-order valence-electron chi connectivity index (χ4n) is 10.1. The third-order valence-electron chi connectivity index (χ3n) is 13.0. The Balaban J connectivity index is 1.23. The molecule has 1 amide bonds. The standard InChI is InChI=1S/C37H55NO4S/c1-24(2)29-10-8-25(3)21-33(29)42-34(40)38(19-15-28-7-6-20-43-28)23-37(41)18-14-32-30-11-9-26-22-27(39)12-16-35(26,4)31(30)13-17-36(32,37)5/h6-7,9,11,20,24-25,27,29,31-33,39,41H,8,10,12-19,21-23H2,1-5H3/t25-,27-,29+,31-,32-,33-,35-,36-,37+/m0/s1. The predicted molar refractivity (Wildman–Crippen MR) is 174 cm³/mol.